The number of hydrogen-bond donors (Lipinski definition) is 2. The zero-order valence-electron chi connectivity index (χ0n) is 11.0. The number of carbonyl (C=O) groups is 1. The second-order valence-corrected chi connectivity index (χ2v) is 5.36. The van der Waals surface area contributed by atoms with Gasteiger partial charge in [0.1, 0.15) is 0 Å². The highest BCUT2D eigenvalue weighted by Crippen LogP contribution is 2.28. The maximum Gasteiger partial charge on any atom is 0.259 e. The zero-order valence-corrected chi connectivity index (χ0v) is 12.6. The summed E-state index contributed by atoms with van der Waals surface area (Å²) < 4.78 is 2.50. The van der Waals surface area contributed by atoms with Crippen molar-refractivity contribution in [3.8, 4) is 0 Å². The van der Waals surface area contributed by atoms with Crippen molar-refractivity contribution >= 4 is 33.2 Å². The van der Waals surface area contributed by atoms with E-state index in [1.807, 2.05) is 13.0 Å². The Morgan fingerprint density at radius 1 is 1.42 bits per heavy atom. The number of anilines is 2. The van der Waals surface area contributed by atoms with Gasteiger partial charge in [0.25, 0.3) is 5.91 Å². The molecule has 0 aliphatic heterocycles. The van der Waals surface area contributed by atoms with Crippen LogP contribution in [0.4, 0.5) is 11.4 Å². The Morgan fingerprint density at radius 3 is 2.63 bits per heavy atom. The highest BCUT2D eigenvalue weighted by molar-refractivity contribution is 9.10. The number of nitrogens with zero attached hydrogens (tertiary/aromatic N) is 2. The third-order valence-electron chi connectivity index (χ3n) is 2.83. The normalized spacial score (nSPS) is 10.5. The molecule has 0 aliphatic carbocycles. The number of halogens is 1. The number of carbonyl (C=O) groups excluding carboxylic acids is 1. The second-order valence-electron chi connectivity index (χ2n) is 4.44. The van der Waals surface area contributed by atoms with Crippen molar-refractivity contribution in [2.24, 2.45) is 7.05 Å². The molecular weight excluding hydrogens is 308 g/mol. The van der Waals surface area contributed by atoms with E-state index < -0.39 is 0 Å². The number of nitrogen functional groups attached to an aromatic ring is 1. The number of amides is 1. The third kappa shape index (κ3) is 2.78. The molecule has 2 rings (SSSR count). The van der Waals surface area contributed by atoms with Gasteiger partial charge in [-0.15, -0.1) is 0 Å². The van der Waals surface area contributed by atoms with Crippen LogP contribution in [0.1, 0.15) is 21.6 Å². The monoisotopic (exact) mass is 322 g/mol. The highest BCUT2D eigenvalue weighted by Gasteiger charge is 2.15. The molecule has 0 saturated heterocycles. The van der Waals surface area contributed by atoms with E-state index in [0.717, 1.165) is 10.0 Å². The predicted molar refractivity (Wildman–Crippen MR) is 79.2 cm³/mol. The van der Waals surface area contributed by atoms with Crippen LogP contribution in [0.25, 0.3) is 0 Å². The molecule has 3 N–H and O–H groups in total. The van der Waals surface area contributed by atoms with E-state index in [1.165, 1.54) is 0 Å². The van der Waals surface area contributed by atoms with Gasteiger partial charge < -0.3 is 11.1 Å². The average Bonchev–Trinajstić information content (AvgIpc) is 2.62. The van der Waals surface area contributed by atoms with Gasteiger partial charge in [0, 0.05) is 17.7 Å². The maximum absolute atomic E-state index is 12.2. The van der Waals surface area contributed by atoms with Crippen LogP contribution in [0.3, 0.4) is 0 Å². The molecule has 19 heavy (non-hydrogen) atoms. The Morgan fingerprint density at radius 2 is 2.11 bits per heavy atom. The topological polar surface area (TPSA) is 72.9 Å². The first-order chi connectivity index (χ1) is 8.88. The van der Waals surface area contributed by atoms with Crippen molar-refractivity contribution in [1.29, 1.82) is 0 Å². The van der Waals surface area contributed by atoms with Crippen molar-refractivity contribution < 1.29 is 4.79 Å². The van der Waals surface area contributed by atoms with E-state index in [-0.39, 0.29) is 5.91 Å². The summed E-state index contributed by atoms with van der Waals surface area (Å²) in [4.78, 5) is 12.2. The fourth-order valence-corrected chi connectivity index (χ4v) is 2.53. The lowest BCUT2D eigenvalue weighted by Gasteiger charge is -2.11. The van der Waals surface area contributed by atoms with Crippen LogP contribution in [-0.4, -0.2) is 15.7 Å². The van der Waals surface area contributed by atoms with Crippen LogP contribution < -0.4 is 11.1 Å². The summed E-state index contributed by atoms with van der Waals surface area (Å²) in [6, 6.07) is 3.67. The summed E-state index contributed by atoms with van der Waals surface area (Å²) in [5, 5.41) is 6.99. The standard InChI is InChI=1S/C13H15BrN4O/c1-7-4-9(14)5-11(15)12(7)16-13(19)10-6-18(3)17-8(10)2/h4-6H,15H2,1-3H3,(H,16,19). The van der Waals surface area contributed by atoms with E-state index >= 15 is 0 Å². The Kier molecular flexibility index (Phi) is 3.61. The van der Waals surface area contributed by atoms with Gasteiger partial charge in [-0.25, -0.2) is 0 Å². The number of aromatic nitrogens is 2. The molecule has 0 bridgehead atoms. The minimum absolute atomic E-state index is 0.206. The van der Waals surface area contributed by atoms with Crippen LogP contribution in [0.2, 0.25) is 0 Å². The molecule has 0 fully saturated rings. The number of aryl methyl sites for hydroxylation is 3. The lowest BCUT2D eigenvalue weighted by Crippen LogP contribution is -2.14. The molecule has 5 nitrogen and oxygen atoms in total. The Balaban J connectivity index is 2.32. The molecule has 1 aromatic carbocycles. The SMILES string of the molecule is Cc1cc(Br)cc(N)c1NC(=O)c1cn(C)nc1C. The first kappa shape index (κ1) is 13.6. The Bertz CT molecular complexity index is 625. The molecular formula is C13H15BrN4O. The molecule has 2 aromatic rings. The van der Waals surface area contributed by atoms with Gasteiger partial charge in [-0.3, -0.25) is 9.48 Å². The molecule has 0 aliphatic rings. The first-order valence-corrected chi connectivity index (χ1v) is 6.55. The minimum Gasteiger partial charge on any atom is -0.397 e. The average molecular weight is 323 g/mol. The van der Waals surface area contributed by atoms with Gasteiger partial charge in [0.15, 0.2) is 0 Å². The van der Waals surface area contributed by atoms with Gasteiger partial charge in [0.05, 0.1) is 22.6 Å². The van der Waals surface area contributed by atoms with Crippen molar-refractivity contribution in [2.75, 3.05) is 11.1 Å². The van der Waals surface area contributed by atoms with Gasteiger partial charge in [-0.2, -0.15) is 5.10 Å². The van der Waals surface area contributed by atoms with Gasteiger partial charge in [0.2, 0.25) is 0 Å². The zero-order chi connectivity index (χ0) is 14.2. The van der Waals surface area contributed by atoms with Crippen molar-refractivity contribution in [3.05, 3.63) is 39.6 Å². The fraction of sp³-hybridized carbons (Fsp3) is 0.231. The summed E-state index contributed by atoms with van der Waals surface area (Å²) in [5.74, 6) is -0.206. The molecule has 1 aromatic heterocycles. The van der Waals surface area contributed by atoms with Gasteiger partial charge >= 0.3 is 0 Å². The summed E-state index contributed by atoms with van der Waals surface area (Å²) >= 11 is 3.37. The minimum atomic E-state index is -0.206. The summed E-state index contributed by atoms with van der Waals surface area (Å²) in [5.41, 5.74) is 9.23. The van der Waals surface area contributed by atoms with Crippen molar-refractivity contribution in [2.45, 2.75) is 13.8 Å². The van der Waals surface area contributed by atoms with Gasteiger partial charge in [-0.05, 0) is 31.5 Å². The van der Waals surface area contributed by atoms with Crippen LogP contribution in [-0.2, 0) is 7.05 Å². The first-order valence-electron chi connectivity index (χ1n) is 5.75. The Hall–Kier alpha value is -1.82. The lowest BCUT2D eigenvalue weighted by molar-refractivity contribution is 0.102. The molecule has 6 heteroatoms. The van der Waals surface area contributed by atoms with Gasteiger partial charge in [-0.1, -0.05) is 15.9 Å². The molecule has 1 amide bonds. The highest BCUT2D eigenvalue weighted by atomic mass is 79.9. The number of hydrogen-bond acceptors (Lipinski definition) is 3. The van der Waals surface area contributed by atoms with E-state index in [0.29, 0.717) is 22.6 Å². The fourth-order valence-electron chi connectivity index (χ4n) is 1.94. The van der Waals surface area contributed by atoms with Crippen LogP contribution in [0, 0.1) is 13.8 Å². The maximum atomic E-state index is 12.2. The smallest absolute Gasteiger partial charge is 0.259 e. The summed E-state index contributed by atoms with van der Waals surface area (Å²) in [6.07, 6.45) is 1.69. The molecule has 100 valence electrons. The molecule has 0 spiro atoms. The summed E-state index contributed by atoms with van der Waals surface area (Å²) in [7, 11) is 1.78. The number of benzene rings is 1. The molecule has 0 unspecified atom stereocenters. The quantitative estimate of drug-likeness (QED) is 0.835. The van der Waals surface area contributed by atoms with Crippen molar-refractivity contribution in [3.63, 3.8) is 0 Å². The molecule has 0 atom stereocenters. The van der Waals surface area contributed by atoms with Crippen molar-refractivity contribution in [1.82, 2.24) is 9.78 Å². The molecule has 0 saturated carbocycles. The summed E-state index contributed by atoms with van der Waals surface area (Å²) in [6.45, 7) is 3.69. The lowest BCUT2D eigenvalue weighted by atomic mass is 10.1. The number of nitrogens with two attached hydrogens (primary N) is 1. The number of rotatable bonds is 2. The van der Waals surface area contributed by atoms with E-state index in [2.05, 4.69) is 26.3 Å². The van der Waals surface area contributed by atoms with E-state index in [1.54, 1.807) is 30.9 Å². The Labute approximate surface area is 119 Å². The molecule has 0 radical (unpaired) electrons. The van der Waals surface area contributed by atoms with Crippen LogP contribution in [0.15, 0.2) is 22.8 Å². The van der Waals surface area contributed by atoms with Crippen LogP contribution >= 0.6 is 15.9 Å². The molecule has 1 heterocycles. The predicted octanol–water partition coefficient (Wildman–Crippen LogP) is 2.63. The second kappa shape index (κ2) is 5.05. The third-order valence-corrected chi connectivity index (χ3v) is 3.29. The van der Waals surface area contributed by atoms with E-state index in [9.17, 15) is 4.79 Å². The van der Waals surface area contributed by atoms with E-state index in [4.69, 9.17) is 5.73 Å². The largest absolute Gasteiger partial charge is 0.397 e. The number of nitrogens with one attached hydrogen (secondary N) is 1. The van der Waals surface area contributed by atoms with Crippen LogP contribution in [0.5, 0.6) is 0 Å².